The predicted molar refractivity (Wildman–Crippen MR) is 109 cm³/mol. The Morgan fingerprint density at radius 1 is 1.07 bits per heavy atom. The fraction of sp³-hybridized carbons (Fsp3) is 0.150. The maximum atomic E-state index is 12.4. The number of aromatic nitrogens is 1. The van der Waals surface area contributed by atoms with Crippen LogP contribution in [0.5, 0.6) is 11.5 Å². The van der Waals surface area contributed by atoms with Gasteiger partial charge in [0.15, 0.2) is 16.7 Å². The summed E-state index contributed by atoms with van der Waals surface area (Å²) < 4.78 is 11.8. The molecule has 0 bridgehead atoms. The van der Waals surface area contributed by atoms with Crippen molar-refractivity contribution in [3.8, 4) is 11.5 Å². The number of halogens is 1. The monoisotopic (exact) mass is 414 g/mol. The summed E-state index contributed by atoms with van der Waals surface area (Å²) in [5, 5.41) is 4.60. The maximum Gasteiger partial charge on any atom is 0.190 e. The van der Waals surface area contributed by atoms with Gasteiger partial charge < -0.3 is 14.8 Å². The molecule has 3 aromatic rings. The topological polar surface area (TPSA) is 77.5 Å². The molecule has 0 fully saturated rings. The highest BCUT2D eigenvalue weighted by Crippen LogP contribution is 2.38. The van der Waals surface area contributed by atoms with Gasteiger partial charge in [-0.05, 0) is 36.4 Å². The highest BCUT2D eigenvalue weighted by Gasteiger charge is 2.29. The first-order valence-corrected chi connectivity index (χ1v) is 9.56. The van der Waals surface area contributed by atoms with E-state index in [2.05, 4.69) is 10.3 Å². The van der Waals surface area contributed by atoms with Crippen molar-refractivity contribution in [2.24, 2.45) is 0 Å². The maximum absolute atomic E-state index is 12.4. The fourth-order valence-corrected chi connectivity index (χ4v) is 4.30. The van der Waals surface area contributed by atoms with Crippen LogP contribution >= 0.6 is 22.9 Å². The first kappa shape index (κ1) is 18.5. The minimum atomic E-state index is -0.291. The van der Waals surface area contributed by atoms with Crippen molar-refractivity contribution in [3.05, 3.63) is 58.1 Å². The molecule has 0 saturated heterocycles. The number of allylic oxidation sites excluding steroid dienone is 2. The Morgan fingerprint density at radius 3 is 2.54 bits per heavy atom. The molecule has 6 nitrogen and oxygen atoms in total. The highest BCUT2D eigenvalue weighted by molar-refractivity contribution is 7.22. The number of methoxy groups -OCH3 is 2. The van der Waals surface area contributed by atoms with Crippen LogP contribution in [0, 0.1) is 0 Å². The predicted octanol–water partition coefficient (Wildman–Crippen LogP) is 4.51. The molecule has 0 unspecified atom stereocenters. The van der Waals surface area contributed by atoms with E-state index in [9.17, 15) is 9.59 Å². The zero-order chi connectivity index (χ0) is 19.8. The Bertz CT molecular complexity index is 1150. The quantitative estimate of drug-likeness (QED) is 0.661. The van der Waals surface area contributed by atoms with Crippen molar-refractivity contribution in [2.45, 2.75) is 6.54 Å². The zero-order valence-electron chi connectivity index (χ0n) is 15.0. The molecule has 2 aromatic carbocycles. The van der Waals surface area contributed by atoms with Crippen LogP contribution in [0.3, 0.4) is 0 Å². The van der Waals surface area contributed by atoms with Gasteiger partial charge in [0.05, 0.1) is 35.6 Å². The molecule has 28 heavy (non-hydrogen) atoms. The summed E-state index contributed by atoms with van der Waals surface area (Å²) in [4.78, 5) is 29.3. The lowest BCUT2D eigenvalue weighted by Crippen LogP contribution is -2.17. The smallest absolute Gasteiger partial charge is 0.190 e. The molecule has 0 aliphatic heterocycles. The summed E-state index contributed by atoms with van der Waals surface area (Å²) >= 11 is 7.50. The van der Waals surface area contributed by atoms with Crippen molar-refractivity contribution in [2.75, 3.05) is 19.5 Å². The van der Waals surface area contributed by atoms with Crippen LogP contribution in [0.25, 0.3) is 10.2 Å². The SMILES string of the molecule is COc1cc(CNc2nc3ccc(Cl)cc3s2)c(OC)c2c1C(=O)C=CC2=O. The first-order valence-electron chi connectivity index (χ1n) is 8.36. The van der Waals surface area contributed by atoms with Gasteiger partial charge >= 0.3 is 0 Å². The van der Waals surface area contributed by atoms with Crippen LogP contribution in [0.2, 0.25) is 5.02 Å². The number of benzene rings is 2. The second kappa shape index (κ2) is 7.26. The van der Waals surface area contributed by atoms with Crippen molar-refractivity contribution >= 4 is 49.9 Å². The summed E-state index contributed by atoms with van der Waals surface area (Å²) in [6.45, 7) is 0.339. The third-order valence-electron chi connectivity index (χ3n) is 4.40. The second-order valence-electron chi connectivity index (χ2n) is 6.07. The fourth-order valence-electron chi connectivity index (χ4n) is 3.16. The lowest BCUT2D eigenvalue weighted by Gasteiger charge is -2.20. The van der Waals surface area contributed by atoms with E-state index in [4.69, 9.17) is 21.1 Å². The normalized spacial score (nSPS) is 13.0. The number of ketones is 2. The van der Waals surface area contributed by atoms with Gasteiger partial charge in [-0.3, -0.25) is 9.59 Å². The number of hydrogen-bond donors (Lipinski definition) is 1. The molecule has 1 aliphatic carbocycles. The number of carbonyl (C=O) groups is 2. The number of carbonyl (C=O) groups excluding carboxylic acids is 2. The van der Waals surface area contributed by atoms with Crippen LogP contribution in [0.4, 0.5) is 5.13 Å². The van der Waals surface area contributed by atoms with Crippen molar-refractivity contribution in [1.82, 2.24) is 4.98 Å². The largest absolute Gasteiger partial charge is 0.496 e. The molecule has 0 atom stereocenters. The standard InChI is InChI=1S/C20H15ClN2O4S/c1-26-15-7-10(19(27-2)18-14(25)6-5-13(24)17(15)18)9-22-20-23-12-4-3-11(21)8-16(12)28-20/h3-8H,9H2,1-2H3,(H,22,23). The molecule has 142 valence electrons. The lowest BCUT2D eigenvalue weighted by molar-refractivity contribution is 0.0988. The molecular formula is C20H15ClN2O4S. The van der Waals surface area contributed by atoms with Crippen LogP contribution in [-0.2, 0) is 6.54 Å². The van der Waals surface area contributed by atoms with Gasteiger partial charge in [0.1, 0.15) is 11.5 Å². The van der Waals surface area contributed by atoms with Gasteiger partial charge in [0, 0.05) is 17.1 Å². The van der Waals surface area contributed by atoms with E-state index in [0.29, 0.717) is 33.8 Å². The number of anilines is 1. The number of fused-ring (bicyclic) bond motifs is 2. The lowest BCUT2D eigenvalue weighted by atomic mass is 9.90. The average molecular weight is 415 g/mol. The van der Waals surface area contributed by atoms with Gasteiger partial charge in [-0.25, -0.2) is 4.98 Å². The average Bonchev–Trinajstić information content (AvgIpc) is 3.10. The minimum absolute atomic E-state index is 0.224. The number of hydrogen-bond acceptors (Lipinski definition) is 7. The van der Waals surface area contributed by atoms with E-state index in [1.807, 2.05) is 12.1 Å². The number of nitrogens with zero attached hydrogens (tertiary/aromatic N) is 1. The highest BCUT2D eigenvalue weighted by atomic mass is 35.5. The second-order valence-corrected chi connectivity index (χ2v) is 7.53. The molecule has 0 amide bonds. The van der Waals surface area contributed by atoms with Crippen molar-refractivity contribution in [3.63, 3.8) is 0 Å². The summed E-state index contributed by atoms with van der Waals surface area (Å²) in [6, 6.07) is 7.22. The van der Waals surface area contributed by atoms with Crippen molar-refractivity contribution < 1.29 is 19.1 Å². The molecule has 8 heteroatoms. The molecule has 0 radical (unpaired) electrons. The molecule has 4 rings (SSSR count). The number of rotatable bonds is 5. The Hall–Kier alpha value is -2.90. The van der Waals surface area contributed by atoms with Gasteiger partial charge in [0.25, 0.3) is 0 Å². The summed E-state index contributed by atoms with van der Waals surface area (Å²) in [5.74, 6) is 0.120. The van der Waals surface area contributed by atoms with Gasteiger partial charge in [-0.2, -0.15) is 0 Å². The van der Waals surface area contributed by atoms with Gasteiger partial charge in [-0.1, -0.05) is 22.9 Å². The number of thiazole rings is 1. The third kappa shape index (κ3) is 3.12. The van der Waals surface area contributed by atoms with Crippen LogP contribution < -0.4 is 14.8 Å². The molecule has 1 N–H and O–H groups in total. The summed E-state index contributed by atoms with van der Waals surface area (Å²) in [5.41, 5.74) is 1.98. The molecule has 1 aliphatic rings. The van der Waals surface area contributed by atoms with Crippen molar-refractivity contribution in [1.29, 1.82) is 0 Å². The summed E-state index contributed by atoms with van der Waals surface area (Å²) in [6.07, 6.45) is 2.50. The molecule has 0 spiro atoms. The Balaban J connectivity index is 1.72. The van der Waals surface area contributed by atoms with E-state index < -0.39 is 0 Å². The number of ether oxygens (including phenoxy) is 2. The van der Waals surface area contributed by atoms with E-state index in [-0.39, 0.29) is 22.7 Å². The van der Waals surface area contributed by atoms with Gasteiger partial charge in [-0.15, -0.1) is 0 Å². The number of nitrogens with one attached hydrogen (secondary N) is 1. The molecular weight excluding hydrogens is 400 g/mol. The third-order valence-corrected chi connectivity index (χ3v) is 5.61. The first-order chi connectivity index (χ1) is 13.5. The molecule has 1 heterocycles. The zero-order valence-corrected chi connectivity index (χ0v) is 16.6. The van der Waals surface area contributed by atoms with E-state index >= 15 is 0 Å². The molecule has 1 aromatic heterocycles. The van der Waals surface area contributed by atoms with Crippen LogP contribution in [0.15, 0.2) is 36.4 Å². The summed E-state index contributed by atoms with van der Waals surface area (Å²) in [7, 11) is 2.94. The Labute approximate surface area is 169 Å². The van der Waals surface area contributed by atoms with E-state index in [1.165, 1.54) is 37.7 Å². The Morgan fingerprint density at radius 2 is 1.82 bits per heavy atom. The Kier molecular flexibility index (Phi) is 4.78. The van der Waals surface area contributed by atoms with Gasteiger partial charge in [0.2, 0.25) is 0 Å². The van der Waals surface area contributed by atoms with E-state index in [1.54, 1.807) is 12.1 Å². The van der Waals surface area contributed by atoms with E-state index in [0.717, 1.165) is 10.2 Å². The minimum Gasteiger partial charge on any atom is -0.496 e. The van der Waals surface area contributed by atoms with Crippen LogP contribution in [-0.4, -0.2) is 30.8 Å². The van der Waals surface area contributed by atoms with Crippen LogP contribution in [0.1, 0.15) is 26.3 Å². The molecule has 0 saturated carbocycles.